The van der Waals surface area contributed by atoms with Crippen LogP contribution in [0.15, 0.2) is 16.0 Å². The van der Waals surface area contributed by atoms with E-state index in [1.54, 1.807) is 12.4 Å². The van der Waals surface area contributed by atoms with Crippen LogP contribution in [0.3, 0.4) is 0 Å². The summed E-state index contributed by atoms with van der Waals surface area (Å²) in [5.74, 6) is 1.72. The molecule has 1 heterocycles. The molecular formula is C23H37N5O2. The minimum atomic E-state index is -0.294. The zero-order valence-corrected chi connectivity index (χ0v) is 19.4. The highest BCUT2D eigenvalue weighted by atomic mass is 16.2. The summed E-state index contributed by atoms with van der Waals surface area (Å²) in [4.78, 5) is 29.7. The van der Waals surface area contributed by atoms with Crippen LogP contribution in [0.5, 0.6) is 0 Å². The predicted molar refractivity (Wildman–Crippen MR) is 121 cm³/mol. The molecule has 3 aliphatic carbocycles. The van der Waals surface area contributed by atoms with Crippen molar-refractivity contribution in [3.05, 3.63) is 22.1 Å². The van der Waals surface area contributed by atoms with E-state index in [-0.39, 0.29) is 30.1 Å². The number of carbonyl (C=O) groups is 1. The third kappa shape index (κ3) is 4.44. The SMILES string of the molecule is CC(C)N=Cc1c(N[C@@H]2C[C@@H]3C[C@H]([C@H]2C)C3(C)C)cnn(CC(=O)NC(C)C)c1=O. The third-order valence-corrected chi connectivity index (χ3v) is 7.02. The van der Waals surface area contributed by atoms with Crippen LogP contribution in [0.25, 0.3) is 0 Å². The Morgan fingerprint density at radius 1 is 1.33 bits per heavy atom. The zero-order chi connectivity index (χ0) is 22.2. The number of hydrogen-bond acceptors (Lipinski definition) is 5. The van der Waals surface area contributed by atoms with Gasteiger partial charge in [0.2, 0.25) is 5.91 Å². The first kappa shape index (κ1) is 22.5. The van der Waals surface area contributed by atoms with Crippen molar-refractivity contribution >= 4 is 17.8 Å². The number of anilines is 1. The molecule has 0 aliphatic heterocycles. The van der Waals surface area contributed by atoms with Gasteiger partial charge in [0, 0.05) is 24.3 Å². The van der Waals surface area contributed by atoms with Gasteiger partial charge < -0.3 is 10.6 Å². The molecule has 0 spiro atoms. The van der Waals surface area contributed by atoms with Crippen LogP contribution >= 0.6 is 0 Å². The number of amides is 1. The van der Waals surface area contributed by atoms with E-state index < -0.39 is 0 Å². The van der Waals surface area contributed by atoms with Crippen molar-refractivity contribution in [1.29, 1.82) is 0 Å². The third-order valence-electron chi connectivity index (χ3n) is 7.02. The average Bonchev–Trinajstić information content (AvgIpc) is 2.63. The first-order valence-electron chi connectivity index (χ1n) is 11.2. The van der Waals surface area contributed by atoms with Crippen LogP contribution in [0, 0.1) is 23.2 Å². The number of fused-ring (bicyclic) bond motifs is 2. The molecule has 3 saturated carbocycles. The van der Waals surface area contributed by atoms with E-state index in [0.717, 1.165) is 12.3 Å². The van der Waals surface area contributed by atoms with Gasteiger partial charge in [-0.15, -0.1) is 0 Å². The van der Waals surface area contributed by atoms with Gasteiger partial charge in [-0.2, -0.15) is 5.10 Å². The van der Waals surface area contributed by atoms with Gasteiger partial charge in [0.05, 0.1) is 17.4 Å². The number of aromatic nitrogens is 2. The normalized spacial score (nSPS) is 27.4. The van der Waals surface area contributed by atoms with Crippen molar-refractivity contribution in [2.24, 2.45) is 28.2 Å². The monoisotopic (exact) mass is 415 g/mol. The van der Waals surface area contributed by atoms with Crippen LogP contribution in [0.2, 0.25) is 0 Å². The summed E-state index contributed by atoms with van der Waals surface area (Å²) in [6, 6.07) is 0.402. The second kappa shape index (κ2) is 8.52. The summed E-state index contributed by atoms with van der Waals surface area (Å²) in [6.07, 6.45) is 5.71. The highest BCUT2D eigenvalue weighted by Gasteiger charge is 2.56. The van der Waals surface area contributed by atoms with Gasteiger partial charge in [-0.1, -0.05) is 20.8 Å². The molecule has 1 aromatic rings. The molecule has 3 aliphatic rings. The molecule has 4 rings (SSSR count). The molecule has 2 N–H and O–H groups in total. The predicted octanol–water partition coefficient (Wildman–Crippen LogP) is 3.08. The van der Waals surface area contributed by atoms with Gasteiger partial charge in [0.15, 0.2) is 0 Å². The number of hydrogen-bond donors (Lipinski definition) is 2. The fraction of sp³-hybridized carbons (Fsp3) is 0.739. The molecule has 7 heteroatoms. The highest BCUT2D eigenvalue weighted by Crippen LogP contribution is 2.61. The van der Waals surface area contributed by atoms with Gasteiger partial charge in [-0.25, -0.2) is 4.68 Å². The van der Waals surface area contributed by atoms with Crippen molar-refractivity contribution in [2.45, 2.75) is 86.0 Å². The number of rotatable bonds is 7. The molecule has 0 unspecified atom stereocenters. The lowest BCUT2D eigenvalue weighted by atomic mass is 9.45. The van der Waals surface area contributed by atoms with Gasteiger partial charge in [0.25, 0.3) is 5.56 Å². The zero-order valence-electron chi connectivity index (χ0n) is 19.4. The Labute approximate surface area is 179 Å². The minimum Gasteiger partial charge on any atom is -0.380 e. The molecule has 7 nitrogen and oxygen atoms in total. The Morgan fingerprint density at radius 3 is 2.60 bits per heavy atom. The van der Waals surface area contributed by atoms with Gasteiger partial charge in [0.1, 0.15) is 6.54 Å². The molecule has 0 radical (unpaired) electrons. The maximum atomic E-state index is 13.1. The number of nitrogens with one attached hydrogen (secondary N) is 2. The summed E-state index contributed by atoms with van der Waals surface area (Å²) in [6.45, 7) is 14.7. The van der Waals surface area contributed by atoms with Crippen molar-refractivity contribution in [3.63, 3.8) is 0 Å². The van der Waals surface area contributed by atoms with Crippen LogP contribution in [-0.4, -0.2) is 40.0 Å². The molecule has 1 amide bonds. The molecule has 166 valence electrons. The summed E-state index contributed by atoms with van der Waals surface area (Å²) in [5.41, 5.74) is 1.30. The second-order valence-corrected chi connectivity index (χ2v) is 10.2. The average molecular weight is 416 g/mol. The topological polar surface area (TPSA) is 88.4 Å². The minimum absolute atomic E-state index is 0.0135. The maximum absolute atomic E-state index is 13.1. The lowest BCUT2D eigenvalue weighted by Crippen LogP contribution is -2.58. The van der Waals surface area contributed by atoms with E-state index in [9.17, 15) is 9.59 Å². The molecule has 1 aromatic heterocycles. The summed E-state index contributed by atoms with van der Waals surface area (Å²) in [5, 5.41) is 10.7. The standard InChI is InChI=1S/C23H37N5O2/c1-13(2)24-10-17-20(11-25-28(22(17)30)12-21(29)26-14(3)4)27-19-9-16-8-18(15(19)5)23(16,6)7/h10-11,13-16,18-19,27H,8-9,12H2,1-7H3,(H,26,29)/t15-,16+,18-,19-/m1/s1. The van der Waals surface area contributed by atoms with E-state index in [4.69, 9.17) is 0 Å². The molecule has 3 fully saturated rings. The summed E-state index contributed by atoms with van der Waals surface area (Å²) < 4.78 is 1.22. The largest absolute Gasteiger partial charge is 0.380 e. The highest BCUT2D eigenvalue weighted by molar-refractivity contribution is 5.87. The van der Waals surface area contributed by atoms with E-state index in [1.807, 2.05) is 27.7 Å². The van der Waals surface area contributed by atoms with Gasteiger partial charge in [-0.3, -0.25) is 14.6 Å². The van der Waals surface area contributed by atoms with E-state index in [1.165, 1.54) is 11.1 Å². The molecule has 0 aromatic carbocycles. The van der Waals surface area contributed by atoms with Crippen molar-refractivity contribution in [2.75, 3.05) is 5.32 Å². The van der Waals surface area contributed by atoms with Crippen LogP contribution < -0.4 is 16.2 Å². The molecule has 4 atom stereocenters. The van der Waals surface area contributed by atoms with Crippen LogP contribution in [0.1, 0.15) is 66.9 Å². The van der Waals surface area contributed by atoms with Crippen LogP contribution in [-0.2, 0) is 11.3 Å². The first-order valence-corrected chi connectivity index (χ1v) is 11.2. The molecule has 30 heavy (non-hydrogen) atoms. The van der Waals surface area contributed by atoms with Crippen molar-refractivity contribution < 1.29 is 4.79 Å². The number of aliphatic imine (C=N–C) groups is 1. The lowest BCUT2D eigenvalue weighted by Gasteiger charge is -2.62. The Bertz CT molecular complexity index is 871. The Balaban J connectivity index is 1.86. The number of nitrogens with zero attached hydrogens (tertiary/aromatic N) is 3. The molecule has 2 bridgehead atoms. The summed E-state index contributed by atoms with van der Waals surface area (Å²) >= 11 is 0. The van der Waals surface area contributed by atoms with Crippen LogP contribution in [0.4, 0.5) is 5.69 Å². The fourth-order valence-corrected chi connectivity index (χ4v) is 5.12. The smallest absolute Gasteiger partial charge is 0.278 e. The second-order valence-electron chi connectivity index (χ2n) is 10.2. The van der Waals surface area contributed by atoms with Gasteiger partial charge >= 0.3 is 0 Å². The van der Waals surface area contributed by atoms with Gasteiger partial charge in [-0.05, 0) is 63.7 Å². The molecule has 0 saturated heterocycles. The lowest BCUT2D eigenvalue weighted by molar-refractivity contribution is -0.122. The quantitative estimate of drug-likeness (QED) is 0.670. The van der Waals surface area contributed by atoms with E-state index in [2.05, 4.69) is 41.5 Å². The summed E-state index contributed by atoms with van der Waals surface area (Å²) in [7, 11) is 0. The Morgan fingerprint density at radius 2 is 2.03 bits per heavy atom. The Hall–Kier alpha value is -2.18. The van der Waals surface area contributed by atoms with E-state index in [0.29, 0.717) is 34.5 Å². The van der Waals surface area contributed by atoms with E-state index >= 15 is 0 Å². The molecular weight excluding hydrogens is 378 g/mol. The number of carbonyl (C=O) groups excluding carboxylic acids is 1. The Kier molecular flexibility index (Phi) is 6.39. The maximum Gasteiger partial charge on any atom is 0.278 e. The van der Waals surface area contributed by atoms with Crippen molar-refractivity contribution in [1.82, 2.24) is 15.1 Å². The van der Waals surface area contributed by atoms with Crippen molar-refractivity contribution in [3.8, 4) is 0 Å². The fourth-order valence-electron chi connectivity index (χ4n) is 5.12. The first-order chi connectivity index (χ1) is 14.0.